The molecule has 0 spiro atoms. The van der Waals surface area contributed by atoms with E-state index in [0.717, 1.165) is 5.56 Å². The molecule has 25 heavy (non-hydrogen) atoms. The lowest BCUT2D eigenvalue weighted by atomic mass is 10.0. The van der Waals surface area contributed by atoms with E-state index in [9.17, 15) is 14.7 Å². The van der Waals surface area contributed by atoms with Crippen molar-refractivity contribution in [2.75, 3.05) is 11.9 Å². The summed E-state index contributed by atoms with van der Waals surface area (Å²) in [5.74, 6) is -0.390. The van der Waals surface area contributed by atoms with Crippen LogP contribution in [0.3, 0.4) is 0 Å². The van der Waals surface area contributed by atoms with Crippen molar-refractivity contribution < 1.29 is 14.7 Å². The van der Waals surface area contributed by atoms with Crippen molar-refractivity contribution in [1.29, 1.82) is 0 Å². The number of amides is 3. The van der Waals surface area contributed by atoms with Gasteiger partial charge in [-0.3, -0.25) is 4.79 Å². The minimum absolute atomic E-state index is 0.234. The number of hydrogen-bond acceptors (Lipinski definition) is 3. The summed E-state index contributed by atoms with van der Waals surface area (Å²) in [5.41, 5.74) is 0.276. The van der Waals surface area contributed by atoms with Gasteiger partial charge in [-0.25, -0.2) is 4.79 Å². The van der Waals surface area contributed by atoms with Crippen LogP contribution in [0.2, 0.25) is 0 Å². The van der Waals surface area contributed by atoms with Crippen LogP contribution in [0.15, 0.2) is 60.7 Å². The first-order valence-corrected chi connectivity index (χ1v) is 8.03. The molecule has 0 saturated heterocycles. The highest BCUT2D eigenvalue weighted by Gasteiger charge is 2.31. The van der Waals surface area contributed by atoms with Gasteiger partial charge in [-0.2, -0.15) is 0 Å². The molecular formula is C19H23N3O3. The van der Waals surface area contributed by atoms with Gasteiger partial charge in [0.15, 0.2) is 0 Å². The normalized spacial score (nSPS) is 12.1. The van der Waals surface area contributed by atoms with Crippen LogP contribution in [-0.2, 0) is 4.79 Å². The fraction of sp³-hybridized carbons (Fsp3) is 0.263. The average Bonchev–Trinajstić information content (AvgIpc) is 2.60. The summed E-state index contributed by atoms with van der Waals surface area (Å²) in [7, 11) is 0. The zero-order valence-electron chi connectivity index (χ0n) is 14.3. The molecule has 0 heterocycles. The molecule has 6 heteroatoms. The molecule has 1 atom stereocenters. The van der Waals surface area contributed by atoms with Gasteiger partial charge in [0, 0.05) is 5.69 Å². The highest BCUT2D eigenvalue weighted by molar-refractivity contribution is 5.95. The van der Waals surface area contributed by atoms with Crippen molar-refractivity contribution in [2.45, 2.75) is 25.4 Å². The fourth-order valence-electron chi connectivity index (χ4n) is 2.28. The summed E-state index contributed by atoms with van der Waals surface area (Å²) >= 11 is 0. The maximum atomic E-state index is 12.5. The summed E-state index contributed by atoms with van der Waals surface area (Å²) in [5, 5.41) is 17.6. The number of urea groups is 1. The van der Waals surface area contributed by atoms with Crippen molar-refractivity contribution in [3.05, 3.63) is 66.2 Å². The molecule has 2 aromatic rings. The van der Waals surface area contributed by atoms with Gasteiger partial charge in [-0.1, -0.05) is 48.5 Å². The second kappa shape index (κ2) is 8.30. The van der Waals surface area contributed by atoms with Crippen molar-refractivity contribution in [1.82, 2.24) is 10.6 Å². The lowest BCUT2D eigenvalue weighted by Crippen LogP contribution is -2.56. The number of carbonyl (C=O) groups is 2. The molecule has 2 aromatic carbocycles. The first-order chi connectivity index (χ1) is 11.9. The average molecular weight is 341 g/mol. The highest BCUT2D eigenvalue weighted by atomic mass is 16.3. The summed E-state index contributed by atoms with van der Waals surface area (Å²) < 4.78 is 0. The molecule has 0 bridgehead atoms. The molecule has 0 aliphatic heterocycles. The number of rotatable bonds is 6. The summed E-state index contributed by atoms with van der Waals surface area (Å²) in [6.45, 7) is 2.97. The molecular weight excluding hydrogens is 318 g/mol. The molecule has 2 rings (SSSR count). The van der Waals surface area contributed by atoms with E-state index in [1.807, 2.05) is 36.4 Å². The second-order valence-corrected chi connectivity index (χ2v) is 6.19. The Bertz CT molecular complexity index is 702. The maximum absolute atomic E-state index is 12.5. The number of aliphatic hydroxyl groups is 1. The topological polar surface area (TPSA) is 90.5 Å². The zero-order chi connectivity index (χ0) is 18.3. The molecule has 0 aromatic heterocycles. The lowest BCUT2D eigenvalue weighted by Gasteiger charge is -2.28. The zero-order valence-corrected chi connectivity index (χ0v) is 14.3. The number of nitrogens with one attached hydrogen (secondary N) is 3. The molecule has 0 aliphatic rings. The quantitative estimate of drug-likeness (QED) is 0.650. The van der Waals surface area contributed by atoms with Crippen LogP contribution in [0.5, 0.6) is 0 Å². The first kappa shape index (κ1) is 18.5. The molecule has 132 valence electrons. The van der Waals surface area contributed by atoms with Crippen LogP contribution in [0.1, 0.15) is 25.5 Å². The molecule has 4 N–H and O–H groups in total. The lowest BCUT2D eigenvalue weighted by molar-refractivity contribution is -0.127. The molecule has 0 unspecified atom stereocenters. The van der Waals surface area contributed by atoms with Crippen molar-refractivity contribution in [3.63, 3.8) is 0 Å². The Morgan fingerprint density at radius 1 is 1.00 bits per heavy atom. The Morgan fingerprint density at radius 2 is 1.56 bits per heavy atom. The monoisotopic (exact) mass is 341 g/mol. The van der Waals surface area contributed by atoms with Gasteiger partial charge >= 0.3 is 6.03 Å². The van der Waals surface area contributed by atoms with Gasteiger partial charge in [-0.05, 0) is 31.5 Å². The van der Waals surface area contributed by atoms with Crippen LogP contribution in [-0.4, -0.2) is 29.2 Å². The molecule has 6 nitrogen and oxygen atoms in total. The molecule has 3 amide bonds. The van der Waals surface area contributed by atoms with Crippen molar-refractivity contribution in [2.24, 2.45) is 0 Å². The highest BCUT2D eigenvalue weighted by Crippen LogP contribution is 2.14. The van der Waals surface area contributed by atoms with E-state index in [1.165, 1.54) is 0 Å². The Hall–Kier alpha value is -2.86. The smallest absolute Gasteiger partial charge is 0.320 e. The third-order valence-electron chi connectivity index (χ3n) is 3.72. The molecule has 0 aliphatic carbocycles. The van der Waals surface area contributed by atoms with Gasteiger partial charge < -0.3 is 21.1 Å². The van der Waals surface area contributed by atoms with E-state index in [4.69, 9.17) is 0 Å². The minimum atomic E-state index is -1.15. The van der Waals surface area contributed by atoms with Gasteiger partial charge in [-0.15, -0.1) is 0 Å². The summed E-state index contributed by atoms with van der Waals surface area (Å²) in [6.07, 6.45) is 0. The van der Waals surface area contributed by atoms with E-state index < -0.39 is 23.5 Å². The van der Waals surface area contributed by atoms with Crippen LogP contribution in [0.25, 0.3) is 0 Å². The van der Waals surface area contributed by atoms with Crippen molar-refractivity contribution in [3.8, 4) is 0 Å². The standard InChI is InChI=1S/C19H23N3O3/c1-19(2,22-18(25)20-15-11-7-4-8-12-15)17(24)21-16(13-23)14-9-5-3-6-10-14/h3-12,16,23H,13H2,1-2H3,(H,21,24)(H2,20,22,25)/t16-/m0/s1. The SMILES string of the molecule is CC(C)(NC(=O)Nc1ccccc1)C(=O)N[C@@H](CO)c1ccccc1. The van der Waals surface area contributed by atoms with Crippen molar-refractivity contribution >= 4 is 17.6 Å². The van der Waals surface area contributed by atoms with Crippen LogP contribution >= 0.6 is 0 Å². The fourth-order valence-corrected chi connectivity index (χ4v) is 2.28. The van der Waals surface area contributed by atoms with E-state index in [1.54, 1.807) is 38.1 Å². The summed E-state index contributed by atoms with van der Waals surface area (Å²) in [6, 6.07) is 17.1. The third-order valence-corrected chi connectivity index (χ3v) is 3.72. The van der Waals surface area contributed by atoms with Gasteiger partial charge in [0.25, 0.3) is 0 Å². The maximum Gasteiger partial charge on any atom is 0.320 e. The number of para-hydroxylation sites is 1. The number of anilines is 1. The minimum Gasteiger partial charge on any atom is -0.394 e. The second-order valence-electron chi connectivity index (χ2n) is 6.19. The number of hydrogen-bond donors (Lipinski definition) is 4. The van der Waals surface area contributed by atoms with Gasteiger partial charge in [0.1, 0.15) is 5.54 Å². The molecule has 0 saturated carbocycles. The van der Waals surface area contributed by atoms with Crippen LogP contribution in [0.4, 0.5) is 10.5 Å². The summed E-state index contributed by atoms with van der Waals surface area (Å²) in [4.78, 5) is 24.6. The van der Waals surface area contributed by atoms with Gasteiger partial charge in [0.05, 0.1) is 12.6 Å². The Balaban J connectivity index is 1.97. The molecule has 0 fully saturated rings. The number of carbonyl (C=O) groups excluding carboxylic acids is 2. The predicted molar refractivity (Wildman–Crippen MR) is 97.1 cm³/mol. The van der Waals surface area contributed by atoms with Crippen LogP contribution in [0, 0.1) is 0 Å². The molecule has 0 radical (unpaired) electrons. The van der Waals surface area contributed by atoms with E-state index >= 15 is 0 Å². The Labute approximate surface area is 147 Å². The van der Waals surface area contributed by atoms with E-state index in [-0.39, 0.29) is 6.61 Å². The Kier molecular flexibility index (Phi) is 6.14. The Morgan fingerprint density at radius 3 is 2.12 bits per heavy atom. The number of aliphatic hydroxyl groups excluding tert-OH is 1. The van der Waals surface area contributed by atoms with Crippen LogP contribution < -0.4 is 16.0 Å². The van der Waals surface area contributed by atoms with Gasteiger partial charge in [0.2, 0.25) is 5.91 Å². The number of benzene rings is 2. The van der Waals surface area contributed by atoms with E-state index in [2.05, 4.69) is 16.0 Å². The predicted octanol–water partition coefficient (Wildman–Crippen LogP) is 2.44. The largest absolute Gasteiger partial charge is 0.394 e. The first-order valence-electron chi connectivity index (χ1n) is 8.03. The third kappa shape index (κ3) is 5.32. The van der Waals surface area contributed by atoms with E-state index in [0.29, 0.717) is 5.69 Å².